The number of nitro benzene ring substituents is 1. The predicted molar refractivity (Wildman–Crippen MR) is 75.0 cm³/mol. The number of amides is 1. The largest absolute Gasteiger partial charge is 0.320 e. The highest BCUT2D eigenvalue weighted by Crippen LogP contribution is 2.23. The summed E-state index contributed by atoms with van der Waals surface area (Å²) in [5.74, 6) is -0.685. The average Bonchev–Trinajstić information content (AvgIpc) is 2.47. The van der Waals surface area contributed by atoms with Crippen LogP contribution in [0.15, 0.2) is 36.5 Å². The fourth-order valence-electron chi connectivity index (χ4n) is 1.58. The molecule has 0 spiro atoms. The van der Waals surface area contributed by atoms with Crippen LogP contribution in [-0.4, -0.2) is 15.8 Å². The third-order valence-corrected chi connectivity index (χ3v) is 2.77. The maximum atomic E-state index is 12.1. The zero-order valence-electron chi connectivity index (χ0n) is 10.4. The summed E-state index contributed by atoms with van der Waals surface area (Å²) in [7, 11) is 0. The molecule has 0 aliphatic rings. The number of benzene rings is 1. The lowest BCUT2D eigenvalue weighted by atomic mass is 10.1. The van der Waals surface area contributed by atoms with Crippen molar-refractivity contribution in [3.63, 3.8) is 0 Å². The minimum absolute atomic E-state index is 0.156. The zero-order valence-corrected chi connectivity index (χ0v) is 11.2. The molecule has 1 amide bonds. The van der Waals surface area contributed by atoms with Crippen LogP contribution in [0.2, 0.25) is 5.02 Å². The molecule has 7 nitrogen and oxygen atoms in total. The van der Waals surface area contributed by atoms with E-state index in [1.54, 1.807) is 0 Å². The standard InChI is InChI=1S/C13H7ClN4O3/c14-8-1-4-12(18(20)21)11(5-8)13(19)17-10-3-2-9(6-15)16-7-10/h1-5,7H,(H,17,19). The molecular formula is C13H7ClN4O3. The average molecular weight is 303 g/mol. The van der Waals surface area contributed by atoms with E-state index in [0.717, 1.165) is 6.07 Å². The summed E-state index contributed by atoms with van der Waals surface area (Å²) in [6, 6.07) is 8.44. The Morgan fingerprint density at radius 2 is 2.14 bits per heavy atom. The molecule has 21 heavy (non-hydrogen) atoms. The number of rotatable bonds is 3. The van der Waals surface area contributed by atoms with Crippen molar-refractivity contribution in [2.24, 2.45) is 0 Å². The highest BCUT2D eigenvalue weighted by atomic mass is 35.5. The molecule has 0 bridgehead atoms. The number of hydrogen-bond donors (Lipinski definition) is 1. The lowest BCUT2D eigenvalue weighted by Gasteiger charge is -2.06. The molecule has 2 rings (SSSR count). The molecule has 0 saturated heterocycles. The van der Waals surface area contributed by atoms with E-state index in [4.69, 9.17) is 16.9 Å². The lowest BCUT2D eigenvalue weighted by Crippen LogP contribution is -2.14. The second kappa shape index (κ2) is 5.98. The van der Waals surface area contributed by atoms with Gasteiger partial charge in [0.2, 0.25) is 0 Å². The lowest BCUT2D eigenvalue weighted by molar-refractivity contribution is -0.385. The molecular weight excluding hydrogens is 296 g/mol. The Labute approximate surface area is 123 Å². The van der Waals surface area contributed by atoms with Crippen LogP contribution in [0.5, 0.6) is 0 Å². The highest BCUT2D eigenvalue weighted by molar-refractivity contribution is 6.31. The number of hydrogen-bond acceptors (Lipinski definition) is 5. The van der Waals surface area contributed by atoms with E-state index in [9.17, 15) is 14.9 Å². The van der Waals surface area contributed by atoms with Crippen molar-refractivity contribution < 1.29 is 9.72 Å². The summed E-state index contributed by atoms with van der Waals surface area (Å²) in [5, 5.41) is 22.2. The first-order valence-corrected chi connectivity index (χ1v) is 6.00. The van der Waals surface area contributed by atoms with Crippen LogP contribution in [-0.2, 0) is 0 Å². The molecule has 8 heteroatoms. The van der Waals surface area contributed by atoms with Crippen LogP contribution in [0, 0.1) is 21.4 Å². The first-order valence-electron chi connectivity index (χ1n) is 5.62. The fraction of sp³-hybridized carbons (Fsp3) is 0. The quantitative estimate of drug-likeness (QED) is 0.692. The zero-order chi connectivity index (χ0) is 15.4. The molecule has 1 aromatic heterocycles. The first kappa shape index (κ1) is 14.4. The maximum Gasteiger partial charge on any atom is 0.282 e. The van der Waals surface area contributed by atoms with Gasteiger partial charge in [-0.25, -0.2) is 4.98 Å². The topological polar surface area (TPSA) is 109 Å². The minimum atomic E-state index is -0.685. The Bertz CT molecular complexity index is 753. The van der Waals surface area contributed by atoms with E-state index < -0.39 is 10.8 Å². The minimum Gasteiger partial charge on any atom is -0.320 e. The van der Waals surface area contributed by atoms with Gasteiger partial charge in [-0.2, -0.15) is 5.26 Å². The number of carbonyl (C=O) groups excluding carboxylic acids is 1. The Balaban J connectivity index is 2.29. The van der Waals surface area contributed by atoms with E-state index in [2.05, 4.69) is 10.3 Å². The van der Waals surface area contributed by atoms with Gasteiger partial charge < -0.3 is 5.32 Å². The van der Waals surface area contributed by atoms with E-state index in [1.165, 1.54) is 30.5 Å². The maximum absolute atomic E-state index is 12.1. The first-order chi connectivity index (χ1) is 10.0. The van der Waals surface area contributed by atoms with Gasteiger partial charge in [0.05, 0.1) is 16.8 Å². The number of nitrogens with one attached hydrogen (secondary N) is 1. The van der Waals surface area contributed by atoms with Crippen molar-refractivity contribution in [2.75, 3.05) is 5.32 Å². The number of nitro groups is 1. The van der Waals surface area contributed by atoms with Gasteiger partial charge in [-0.15, -0.1) is 0 Å². The number of aromatic nitrogens is 1. The van der Waals surface area contributed by atoms with Gasteiger partial charge in [0, 0.05) is 11.1 Å². The van der Waals surface area contributed by atoms with Crippen molar-refractivity contribution in [1.82, 2.24) is 4.98 Å². The second-order valence-corrected chi connectivity index (χ2v) is 4.35. The Morgan fingerprint density at radius 1 is 1.38 bits per heavy atom. The van der Waals surface area contributed by atoms with Crippen molar-refractivity contribution in [1.29, 1.82) is 5.26 Å². The fourth-order valence-corrected chi connectivity index (χ4v) is 1.75. The van der Waals surface area contributed by atoms with Crippen LogP contribution < -0.4 is 5.32 Å². The van der Waals surface area contributed by atoms with E-state index in [0.29, 0.717) is 5.69 Å². The molecule has 2 aromatic rings. The Morgan fingerprint density at radius 3 is 2.71 bits per heavy atom. The molecule has 0 fully saturated rings. The highest BCUT2D eigenvalue weighted by Gasteiger charge is 2.20. The molecule has 0 saturated carbocycles. The third kappa shape index (κ3) is 3.32. The van der Waals surface area contributed by atoms with Gasteiger partial charge in [0.15, 0.2) is 0 Å². The third-order valence-electron chi connectivity index (χ3n) is 2.54. The van der Waals surface area contributed by atoms with Crippen LogP contribution >= 0.6 is 11.6 Å². The summed E-state index contributed by atoms with van der Waals surface area (Å²) in [4.78, 5) is 26.1. The van der Waals surface area contributed by atoms with E-state index >= 15 is 0 Å². The second-order valence-electron chi connectivity index (χ2n) is 3.92. The number of nitriles is 1. The number of anilines is 1. The van der Waals surface area contributed by atoms with Gasteiger partial charge in [0.25, 0.3) is 11.6 Å². The van der Waals surface area contributed by atoms with Crippen molar-refractivity contribution in [3.05, 3.63) is 62.9 Å². The van der Waals surface area contributed by atoms with Gasteiger partial charge in [-0.1, -0.05) is 11.6 Å². The normalized spacial score (nSPS) is 9.71. The molecule has 1 N–H and O–H groups in total. The summed E-state index contributed by atoms with van der Waals surface area (Å²) in [5.41, 5.74) is 0.00497. The smallest absolute Gasteiger partial charge is 0.282 e. The van der Waals surface area contributed by atoms with E-state index in [1.807, 2.05) is 6.07 Å². The molecule has 1 heterocycles. The van der Waals surface area contributed by atoms with Crippen LogP contribution in [0.1, 0.15) is 16.1 Å². The van der Waals surface area contributed by atoms with Crippen LogP contribution in [0.4, 0.5) is 11.4 Å². The van der Waals surface area contributed by atoms with Crippen LogP contribution in [0.3, 0.4) is 0 Å². The molecule has 104 valence electrons. The molecule has 0 atom stereocenters. The van der Waals surface area contributed by atoms with Crippen LogP contribution in [0.25, 0.3) is 0 Å². The van der Waals surface area contributed by atoms with Gasteiger partial charge in [-0.05, 0) is 24.3 Å². The van der Waals surface area contributed by atoms with Crippen molar-refractivity contribution in [3.8, 4) is 6.07 Å². The summed E-state index contributed by atoms with van der Waals surface area (Å²) in [6.07, 6.45) is 1.28. The molecule has 0 aliphatic heterocycles. The van der Waals surface area contributed by atoms with Crippen molar-refractivity contribution in [2.45, 2.75) is 0 Å². The number of carbonyl (C=O) groups is 1. The summed E-state index contributed by atoms with van der Waals surface area (Å²) < 4.78 is 0. The molecule has 1 aromatic carbocycles. The number of nitrogens with zero attached hydrogens (tertiary/aromatic N) is 3. The Hall–Kier alpha value is -2.98. The number of pyridine rings is 1. The van der Waals surface area contributed by atoms with Gasteiger partial charge in [0.1, 0.15) is 17.3 Å². The van der Waals surface area contributed by atoms with Gasteiger partial charge in [-0.3, -0.25) is 14.9 Å². The SMILES string of the molecule is N#Cc1ccc(NC(=O)c2cc(Cl)ccc2[N+](=O)[O-])cn1. The van der Waals surface area contributed by atoms with E-state index in [-0.39, 0.29) is 22.0 Å². The summed E-state index contributed by atoms with van der Waals surface area (Å²) in [6.45, 7) is 0. The van der Waals surface area contributed by atoms with Crippen molar-refractivity contribution >= 4 is 28.9 Å². The monoisotopic (exact) mass is 302 g/mol. The predicted octanol–water partition coefficient (Wildman–Crippen LogP) is 2.77. The molecule has 0 unspecified atom stereocenters. The Kier molecular flexibility index (Phi) is 4.11. The summed E-state index contributed by atoms with van der Waals surface area (Å²) >= 11 is 5.76. The molecule has 0 aliphatic carbocycles. The molecule has 0 radical (unpaired) electrons. The van der Waals surface area contributed by atoms with Gasteiger partial charge >= 0.3 is 0 Å². The number of halogens is 1.